The van der Waals surface area contributed by atoms with Crippen molar-refractivity contribution in [3.05, 3.63) is 58.0 Å². The average Bonchev–Trinajstić information content (AvgIpc) is 2.96. The van der Waals surface area contributed by atoms with Crippen molar-refractivity contribution in [3.63, 3.8) is 0 Å². The predicted octanol–water partition coefficient (Wildman–Crippen LogP) is 3.89. The Labute approximate surface area is 158 Å². The van der Waals surface area contributed by atoms with Crippen molar-refractivity contribution in [1.29, 1.82) is 0 Å². The topological polar surface area (TPSA) is 62.6 Å². The summed E-state index contributed by atoms with van der Waals surface area (Å²) in [5, 5.41) is 1.98. The van der Waals surface area contributed by atoms with Crippen LogP contribution in [0.4, 0.5) is 18.9 Å². The first-order valence-corrected chi connectivity index (χ1v) is 8.21. The zero-order valence-corrected chi connectivity index (χ0v) is 15.0. The third-order valence-electron chi connectivity index (χ3n) is 3.41. The molecule has 1 fully saturated rings. The number of nitrogens with zero attached hydrogens (tertiary/aromatic N) is 1. The molecule has 1 N–H and O–H groups in total. The van der Waals surface area contributed by atoms with Crippen LogP contribution in [0.2, 0.25) is 0 Å². The van der Waals surface area contributed by atoms with Gasteiger partial charge in [-0.05, 0) is 64.6 Å². The number of thiocarbonyl (C=S) groups is 1. The zero-order valence-electron chi connectivity index (χ0n) is 12.6. The molecule has 0 radical (unpaired) electrons. The van der Waals surface area contributed by atoms with Crippen molar-refractivity contribution in [1.82, 2.24) is 5.32 Å². The molecule has 0 saturated carbocycles. The highest BCUT2D eigenvalue weighted by atomic mass is 79.9. The Morgan fingerprint density at radius 3 is 2.54 bits per heavy atom. The van der Waals surface area contributed by atoms with Crippen LogP contribution in [0.1, 0.15) is 11.3 Å². The van der Waals surface area contributed by atoms with Gasteiger partial charge in [0.2, 0.25) is 0 Å². The lowest BCUT2D eigenvalue weighted by atomic mass is 10.1. The number of carbonyl (C=O) groups is 2. The molecule has 1 aliphatic rings. The number of alkyl halides is 3. The Balaban J connectivity index is 2.02. The van der Waals surface area contributed by atoms with E-state index in [1.54, 1.807) is 6.07 Å². The Hall–Kier alpha value is -2.46. The van der Waals surface area contributed by atoms with Gasteiger partial charge >= 0.3 is 6.18 Å². The van der Waals surface area contributed by atoms with Gasteiger partial charge in [0, 0.05) is 0 Å². The van der Waals surface area contributed by atoms with Crippen molar-refractivity contribution in [3.8, 4) is 0 Å². The fourth-order valence-corrected chi connectivity index (χ4v) is 2.86. The lowest BCUT2D eigenvalue weighted by Crippen LogP contribution is -2.54. The number of furan rings is 1. The molecule has 2 amide bonds. The summed E-state index contributed by atoms with van der Waals surface area (Å²) in [5.74, 6) is -1.41. The van der Waals surface area contributed by atoms with E-state index in [0.29, 0.717) is 4.67 Å². The molecule has 0 spiro atoms. The lowest BCUT2D eigenvalue weighted by Gasteiger charge is -2.29. The van der Waals surface area contributed by atoms with Crippen molar-refractivity contribution >= 4 is 56.8 Å². The second-order valence-corrected chi connectivity index (χ2v) is 6.32. The monoisotopic (exact) mass is 444 g/mol. The molecule has 2 aromatic rings. The minimum Gasteiger partial charge on any atom is -0.450 e. The van der Waals surface area contributed by atoms with Crippen LogP contribution in [-0.2, 0) is 15.8 Å². The number of rotatable bonds is 2. The van der Waals surface area contributed by atoms with E-state index in [4.69, 9.17) is 16.6 Å². The lowest BCUT2D eigenvalue weighted by molar-refractivity contribution is -0.137. The number of anilines is 1. The third-order valence-corrected chi connectivity index (χ3v) is 4.12. The van der Waals surface area contributed by atoms with Crippen LogP contribution in [0.3, 0.4) is 0 Å². The first-order chi connectivity index (χ1) is 12.2. The maximum atomic E-state index is 12.9. The number of hydrogen-bond donors (Lipinski definition) is 1. The summed E-state index contributed by atoms with van der Waals surface area (Å²) < 4.78 is 44.4. The molecule has 1 saturated heterocycles. The van der Waals surface area contributed by atoms with E-state index in [9.17, 15) is 22.8 Å². The summed E-state index contributed by atoms with van der Waals surface area (Å²) in [6.07, 6.45) is -3.40. The van der Waals surface area contributed by atoms with Gasteiger partial charge in [0.25, 0.3) is 11.8 Å². The van der Waals surface area contributed by atoms with Crippen molar-refractivity contribution < 1.29 is 27.2 Å². The fraction of sp³-hybridized carbons (Fsp3) is 0.0625. The minimum atomic E-state index is -4.58. The maximum Gasteiger partial charge on any atom is 0.416 e. The van der Waals surface area contributed by atoms with Crippen molar-refractivity contribution in [2.45, 2.75) is 6.18 Å². The third kappa shape index (κ3) is 3.56. The number of hydrogen-bond acceptors (Lipinski definition) is 4. The highest BCUT2D eigenvalue weighted by Crippen LogP contribution is 2.32. The molecule has 3 rings (SSSR count). The molecule has 1 aromatic heterocycles. The van der Waals surface area contributed by atoms with Gasteiger partial charge in [-0.25, -0.2) is 0 Å². The summed E-state index contributed by atoms with van der Waals surface area (Å²) in [7, 11) is 0. The molecule has 5 nitrogen and oxygen atoms in total. The first kappa shape index (κ1) is 18.3. The second-order valence-electron chi connectivity index (χ2n) is 5.15. The second kappa shape index (κ2) is 6.69. The molecule has 0 aliphatic carbocycles. The number of nitrogens with one attached hydrogen (secondary N) is 1. The molecule has 10 heteroatoms. The van der Waals surface area contributed by atoms with Gasteiger partial charge in [0.1, 0.15) is 11.3 Å². The van der Waals surface area contributed by atoms with Crippen LogP contribution in [-0.4, -0.2) is 16.9 Å². The van der Waals surface area contributed by atoms with Crippen LogP contribution in [0, 0.1) is 0 Å². The molecule has 1 aromatic carbocycles. The summed E-state index contributed by atoms with van der Waals surface area (Å²) in [6, 6.07) is 7.17. The highest BCUT2D eigenvalue weighted by molar-refractivity contribution is 9.10. The van der Waals surface area contributed by atoms with Crippen molar-refractivity contribution in [2.75, 3.05) is 4.90 Å². The maximum absolute atomic E-state index is 12.9. The van der Waals surface area contributed by atoms with E-state index in [2.05, 4.69) is 21.2 Å². The molecular formula is C16H8BrF3N2O3S. The summed E-state index contributed by atoms with van der Waals surface area (Å²) in [4.78, 5) is 25.6. The predicted molar refractivity (Wildman–Crippen MR) is 94.1 cm³/mol. The normalized spacial score (nSPS) is 17.0. The summed E-state index contributed by atoms with van der Waals surface area (Å²) in [5.41, 5.74) is -1.37. The highest BCUT2D eigenvalue weighted by Gasteiger charge is 2.36. The number of carbonyl (C=O) groups excluding carboxylic acids is 2. The van der Waals surface area contributed by atoms with E-state index in [-0.39, 0.29) is 22.1 Å². The van der Waals surface area contributed by atoms with Gasteiger partial charge in [-0.2, -0.15) is 13.2 Å². The quantitative estimate of drug-likeness (QED) is 0.433. The largest absolute Gasteiger partial charge is 0.450 e. The standard InChI is InChI=1S/C16H8BrF3N2O3S/c17-12-5-4-10(25-12)7-11-13(23)21-15(26)22(14(11)24)9-3-1-2-8(6-9)16(18,19)20/h1-7H,(H,21,23,26)/b11-7+. The molecule has 0 bridgehead atoms. The van der Waals surface area contributed by atoms with Crippen LogP contribution in [0.25, 0.3) is 6.08 Å². The Morgan fingerprint density at radius 1 is 1.19 bits per heavy atom. The minimum absolute atomic E-state index is 0.110. The van der Waals surface area contributed by atoms with E-state index < -0.39 is 23.6 Å². The SMILES string of the molecule is O=C1NC(=S)N(c2cccc(C(F)(F)F)c2)C(=O)/C1=C/c1ccc(Br)o1. The van der Waals surface area contributed by atoms with Gasteiger partial charge < -0.3 is 4.42 Å². The van der Waals surface area contributed by atoms with Crippen LogP contribution in [0.5, 0.6) is 0 Å². The fourth-order valence-electron chi connectivity index (χ4n) is 2.26. The Kier molecular flexibility index (Phi) is 4.72. The summed E-state index contributed by atoms with van der Waals surface area (Å²) >= 11 is 8.05. The first-order valence-electron chi connectivity index (χ1n) is 7.01. The average molecular weight is 445 g/mol. The van der Waals surface area contributed by atoms with Crippen LogP contribution < -0.4 is 10.2 Å². The molecule has 0 atom stereocenters. The van der Waals surface area contributed by atoms with Gasteiger partial charge in [0.05, 0.1) is 11.3 Å². The molecule has 2 heterocycles. The van der Waals surface area contributed by atoms with E-state index in [1.807, 2.05) is 0 Å². The van der Waals surface area contributed by atoms with Crippen LogP contribution in [0.15, 0.2) is 51.1 Å². The number of amides is 2. The molecule has 1 aliphatic heterocycles. The van der Waals surface area contributed by atoms with Gasteiger partial charge in [-0.1, -0.05) is 6.07 Å². The van der Waals surface area contributed by atoms with Crippen LogP contribution >= 0.6 is 28.1 Å². The molecule has 26 heavy (non-hydrogen) atoms. The van der Waals surface area contributed by atoms with Gasteiger partial charge in [-0.15, -0.1) is 0 Å². The number of benzene rings is 1. The Bertz CT molecular complexity index is 952. The summed E-state index contributed by atoms with van der Waals surface area (Å²) in [6.45, 7) is 0. The van der Waals surface area contributed by atoms with E-state index in [0.717, 1.165) is 23.1 Å². The zero-order chi connectivity index (χ0) is 19.1. The molecule has 0 unspecified atom stereocenters. The van der Waals surface area contributed by atoms with Crippen molar-refractivity contribution in [2.24, 2.45) is 0 Å². The molecule has 134 valence electrons. The molecular weight excluding hydrogens is 437 g/mol. The smallest absolute Gasteiger partial charge is 0.416 e. The van der Waals surface area contributed by atoms with E-state index in [1.165, 1.54) is 18.2 Å². The van der Waals surface area contributed by atoms with E-state index >= 15 is 0 Å². The van der Waals surface area contributed by atoms with Gasteiger partial charge in [0.15, 0.2) is 9.78 Å². The Morgan fingerprint density at radius 2 is 1.92 bits per heavy atom. The van der Waals surface area contributed by atoms with Gasteiger partial charge in [-0.3, -0.25) is 19.8 Å². The number of halogens is 4.